The summed E-state index contributed by atoms with van der Waals surface area (Å²) in [6.07, 6.45) is 1.84. The van der Waals surface area contributed by atoms with E-state index in [0.29, 0.717) is 22.8 Å². The van der Waals surface area contributed by atoms with Crippen LogP contribution >= 0.6 is 0 Å². The topological polar surface area (TPSA) is 97.3 Å². The van der Waals surface area contributed by atoms with Gasteiger partial charge in [-0.05, 0) is 19.8 Å². The highest BCUT2D eigenvalue weighted by Crippen LogP contribution is 2.34. The molecule has 1 saturated carbocycles. The van der Waals surface area contributed by atoms with Crippen LogP contribution in [0.5, 0.6) is 17.2 Å². The first-order valence-corrected chi connectivity index (χ1v) is 8.45. The summed E-state index contributed by atoms with van der Waals surface area (Å²) < 4.78 is 15.9. The molecule has 0 spiro atoms. The fraction of sp³-hybridized carbons (Fsp3) is 0.556. The lowest BCUT2D eigenvalue weighted by atomic mass is 10.1. The number of carboxylic acids is 1. The highest BCUT2D eigenvalue weighted by molar-refractivity contribution is 5.80. The minimum absolute atomic E-state index is 0.0406. The summed E-state index contributed by atoms with van der Waals surface area (Å²) in [5.74, 6) is 0.496. The molecule has 8 heteroatoms. The van der Waals surface area contributed by atoms with E-state index in [1.165, 1.54) is 14.2 Å². The molecule has 1 atom stereocenters. The van der Waals surface area contributed by atoms with Crippen molar-refractivity contribution in [2.75, 3.05) is 27.9 Å². The Labute approximate surface area is 153 Å². The molecule has 1 unspecified atom stereocenters. The van der Waals surface area contributed by atoms with Crippen LogP contribution in [0.2, 0.25) is 0 Å². The number of carboxylic acid groups (broad SMARTS) is 1. The molecular formula is C18H26N2O6. The van der Waals surface area contributed by atoms with E-state index < -0.39 is 12.0 Å². The predicted molar refractivity (Wildman–Crippen MR) is 94.8 cm³/mol. The number of benzene rings is 1. The number of aliphatic carboxylic acids is 1. The van der Waals surface area contributed by atoms with E-state index in [0.717, 1.165) is 12.8 Å². The molecule has 0 bridgehead atoms. The molecule has 0 aliphatic heterocycles. The first-order chi connectivity index (χ1) is 12.4. The largest absolute Gasteiger partial charge is 0.496 e. The van der Waals surface area contributed by atoms with Crippen LogP contribution in [-0.2, 0) is 16.1 Å². The van der Waals surface area contributed by atoms with Gasteiger partial charge in [0.25, 0.3) is 0 Å². The quantitative estimate of drug-likeness (QED) is 0.643. The third-order valence-corrected chi connectivity index (χ3v) is 4.48. The lowest BCUT2D eigenvalue weighted by Gasteiger charge is -2.25. The van der Waals surface area contributed by atoms with Crippen LogP contribution in [0.1, 0.15) is 25.3 Å². The van der Waals surface area contributed by atoms with Crippen molar-refractivity contribution in [3.63, 3.8) is 0 Å². The molecule has 1 aliphatic carbocycles. The van der Waals surface area contributed by atoms with Crippen LogP contribution in [0.25, 0.3) is 0 Å². The summed E-state index contributed by atoms with van der Waals surface area (Å²) in [5.41, 5.74) is 0.688. The van der Waals surface area contributed by atoms with Crippen molar-refractivity contribution < 1.29 is 28.9 Å². The molecule has 1 amide bonds. The summed E-state index contributed by atoms with van der Waals surface area (Å²) in [6, 6.07) is 2.90. The Kier molecular flexibility index (Phi) is 6.68. The molecule has 1 fully saturated rings. The van der Waals surface area contributed by atoms with Crippen LogP contribution in [0.15, 0.2) is 12.1 Å². The van der Waals surface area contributed by atoms with Crippen LogP contribution < -0.4 is 19.5 Å². The van der Waals surface area contributed by atoms with Crippen molar-refractivity contribution in [3.05, 3.63) is 17.7 Å². The Bertz CT molecular complexity index is 634. The van der Waals surface area contributed by atoms with Gasteiger partial charge in [0.05, 0.1) is 40.0 Å². The molecule has 1 aliphatic rings. The highest BCUT2D eigenvalue weighted by Gasteiger charge is 2.36. The van der Waals surface area contributed by atoms with Gasteiger partial charge in [0, 0.05) is 18.2 Å². The molecular weight excluding hydrogens is 340 g/mol. The molecule has 0 saturated heterocycles. The second kappa shape index (κ2) is 8.75. The second-order valence-corrected chi connectivity index (χ2v) is 6.20. The van der Waals surface area contributed by atoms with Gasteiger partial charge in [-0.3, -0.25) is 14.5 Å². The zero-order valence-electron chi connectivity index (χ0n) is 15.6. The molecule has 2 rings (SSSR count). The van der Waals surface area contributed by atoms with Gasteiger partial charge in [0.2, 0.25) is 5.91 Å². The summed E-state index contributed by atoms with van der Waals surface area (Å²) in [6.45, 7) is 1.84. The van der Waals surface area contributed by atoms with Crippen molar-refractivity contribution in [2.45, 2.75) is 38.4 Å². The minimum Gasteiger partial charge on any atom is -0.496 e. The second-order valence-electron chi connectivity index (χ2n) is 6.20. The van der Waals surface area contributed by atoms with Crippen LogP contribution in [-0.4, -0.2) is 61.8 Å². The molecule has 0 radical (unpaired) electrons. The van der Waals surface area contributed by atoms with Crippen LogP contribution in [0.3, 0.4) is 0 Å². The van der Waals surface area contributed by atoms with Gasteiger partial charge in [-0.25, -0.2) is 0 Å². The first-order valence-electron chi connectivity index (χ1n) is 8.45. The van der Waals surface area contributed by atoms with Crippen molar-refractivity contribution in [3.8, 4) is 17.2 Å². The fourth-order valence-corrected chi connectivity index (χ4v) is 2.79. The Hall–Kier alpha value is -2.48. The van der Waals surface area contributed by atoms with Crippen molar-refractivity contribution in [1.29, 1.82) is 0 Å². The number of carbonyl (C=O) groups excluding carboxylic acids is 1. The number of amides is 1. The van der Waals surface area contributed by atoms with Gasteiger partial charge >= 0.3 is 5.97 Å². The molecule has 0 heterocycles. The average Bonchev–Trinajstić information content (AvgIpc) is 3.47. The number of hydrogen-bond acceptors (Lipinski definition) is 6. The molecule has 1 aromatic carbocycles. The third kappa shape index (κ3) is 4.78. The number of nitrogens with one attached hydrogen (secondary N) is 1. The standard InChI is InChI=1S/C18H26N2O6/c1-11(18(22)23)20(12-5-6-12)10-17(21)19-9-14-15(25-3)7-13(24-2)8-16(14)26-4/h7-8,11-12H,5-6,9-10H2,1-4H3,(H,19,21)(H,22,23). The van der Waals surface area contributed by atoms with Crippen molar-refractivity contribution in [2.24, 2.45) is 0 Å². The number of nitrogens with zero attached hydrogens (tertiary/aromatic N) is 1. The maximum atomic E-state index is 12.4. The zero-order chi connectivity index (χ0) is 19.3. The fourth-order valence-electron chi connectivity index (χ4n) is 2.79. The number of carbonyl (C=O) groups is 2. The predicted octanol–water partition coefficient (Wildman–Crippen LogP) is 1.27. The van der Waals surface area contributed by atoms with E-state index in [1.54, 1.807) is 31.1 Å². The number of hydrogen-bond donors (Lipinski definition) is 2. The third-order valence-electron chi connectivity index (χ3n) is 4.48. The van der Waals surface area contributed by atoms with Crippen molar-refractivity contribution >= 4 is 11.9 Å². The minimum atomic E-state index is -0.928. The molecule has 1 aromatic rings. The normalized spacial score (nSPS) is 14.7. The lowest BCUT2D eigenvalue weighted by Crippen LogP contribution is -2.46. The van der Waals surface area contributed by atoms with Gasteiger partial charge in [-0.2, -0.15) is 0 Å². The summed E-state index contributed by atoms with van der Waals surface area (Å²) in [5, 5.41) is 12.0. The van der Waals surface area contributed by atoms with E-state index in [-0.39, 0.29) is 25.0 Å². The van der Waals surface area contributed by atoms with E-state index in [4.69, 9.17) is 14.2 Å². The molecule has 0 aromatic heterocycles. The number of ether oxygens (including phenoxy) is 3. The molecule has 8 nitrogen and oxygen atoms in total. The van der Waals surface area contributed by atoms with E-state index >= 15 is 0 Å². The highest BCUT2D eigenvalue weighted by atomic mass is 16.5. The molecule has 26 heavy (non-hydrogen) atoms. The van der Waals surface area contributed by atoms with Crippen LogP contribution in [0.4, 0.5) is 0 Å². The maximum Gasteiger partial charge on any atom is 0.320 e. The average molecular weight is 366 g/mol. The number of methoxy groups -OCH3 is 3. The summed E-state index contributed by atoms with van der Waals surface area (Å²) in [4.78, 5) is 25.3. The summed E-state index contributed by atoms with van der Waals surface area (Å²) >= 11 is 0. The smallest absolute Gasteiger partial charge is 0.320 e. The zero-order valence-corrected chi connectivity index (χ0v) is 15.6. The van der Waals surface area contributed by atoms with Gasteiger partial charge in [-0.15, -0.1) is 0 Å². The Balaban J connectivity index is 2.05. The van der Waals surface area contributed by atoms with Gasteiger partial charge in [0.1, 0.15) is 23.3 Å². The van der Waals surface area contributed by atoms with Gasteiger partial charge in [-0.1, -0.05) is 0 Å². The maximum absolute atomic E-state index is 12.4. The molecule has 144 valence electrons. The van der Waals surface area contributed by atoms with Gasteiger partial charge < -0.3 is 24.6 Å². The Morgan fingerprint density at radius 3 is 2.19 bits per heavy atom. The number of rotatable bonds is 10. The lowest BCUT2D eigenvalue weighted by molar-refractivity contribution is -0.143. The van der Waals surface area contributed by atoms with Gasteiger partial charge in [0.15, 0.2) is 0 Å². The van der Waals surface area contributed by atoms with E-state index in [9.17, 15) is 14.7 Å². The Morgan fingerprint density at radius 1 is 1.19 bits per heavy atom. The Morgan fingerprint density at radius 2 is 1.77 bits per heavy atom. The van der Waals surface area contributed by atoms with Crippen LogP contribution in [0, 0.1) is 0 Å². The van der Waals surface area contributed by atoms with E-state index in [1.807, 2.05) is 0 Å². The molecule has 2 N–H and O–H groups in total. The van der Waals surface area contributed by atoms with Crippen molar-refractivity contribution in [1.82, 2.24) is 10.2 Å². The van der Waals surface area contributed by atoms with E-state index in [2.05, 4.69) is 5.32 Å². The first kappa shape index (κ1) is 19.8. The summed E-state index contributed by atoms with van der Waals surface area (Å²) in [7, 11) is 4.61. The SMILES string of the molecule is COc1cc(OC)c(CNC(=O)CN(C2CC2)C(C)C(=O)O)c(OC)c1. The monoisotopic (exact) mass is 366 g/mol.